The van der Waals surface area contributed by atoms with Crippen LogP contribution in [0.2, 0.25) is 0 Å². The molecule has 1 aliphatic carbocycles. The standard InChI is InChI=1S/C7H10F4O/c1-2-7(10,11)12-4-5-3-6(5,8)9/h5H,2-4H2,1H3. The Labute approximate surface area is 67.7 Å². The third-order valence-electron chi connectivity index (χ3n) is 1.86. The first-order valence-corrected chi connectivity index (χ1v) is 3.77. The Bertz CT molecular complexity index is 169. The zero-order chi connectivity index (χ0) is 9.41. The SMILES string of the molecule is CCC(F)(F)OCC1CC1(F)F. The number of rotatable bonds is 4. The molecule has 1 aliphatic rings. The van der Waals surface area contributed by atoms with Gasteiger partial charge in [0.25, 0.3) is 5.92 Å². The second-order valence-corrected chi connectivity index (χ2v) is 2.96. The summed E-state index contributed by atoms with van der Waals surface area (Å²) in [5.41, 5.74) is 0. The van der Waals surface area contributed by atoms with Crippen molar-refractivity contribution >= 4 is 0 Å². The fourth-order valence-electron chi connectivity index (χ4n) is 0.775. The van der Waals surface area contributed by atoms with Crippen LogP contribution in [0.5, 0.6) is 0 Å². The van der Waals surface area contributed by atoms with Gasteiger partial charge in [0.05, 0.1) is 12.5 Å². The molecule has 1 unspecified atom stereocenters. The highest BCUT2D eigenvalue weighted by Crippen LogP contribution is 2.49. The summed E-state index contributed by atoms with van der Waals surface area (Å²) in [5, 5.41) is 0. The summed E-state index contributed by atoms with van der Waals surface area (Å²) in [6, 6.07) is 0. The molecule has 5 heteroatoms. The van der Waals surface area contributed by atoms with Gasteiger partial charge in [-0.3, -0.25) is 0 Å². The molecular formula is C7H10F4O. The van der Waals surface area contributed by atoms with E-state index in [1.165, 1.54) is 6.92 Å². The summed E-state index contributed by atoms with van der Waals surface area (Å²) >= 11 is 0. The molecule has 0 bridgehead atoms. The van der Waals surface area contributed by atoms with E-state index < -0.39 is 31.0 Å². The normalized spacial score (nSPS) is 27.2. The van der Waals surface area contributed by atoms with Crippen LogP contribution in [-0.2, 0) is 4.74 Å². The number of alkyl halides is 4. The van der Waals surface area contributed by atoms with Gasteiger partial charge in [0, 0.05) is 12.8 Å². The number of hydrogen-bond acceptors (Lipinski definition) is 1. The summed E-state index contributed by atoms with van der Waals surface area (Å²) in [4.78, 5) is 0. The topological polar surface area (TPSA) is 9.23 Å². The van der Waals surface area contributed by atoms with Crippen molar-refractivity contribution < 1.29 is 22.3 Å². The first-order valence-electron chi connectivity index (χ1n) is 3.77. The molecule has 0 aromatic rings. The second-order valence-electron chi connectivity index (χ2n) is 2.96. The maximum Gasteiger partial charge on any atom is 0.355 e. The van der Waals surface area contributed by atoms with Crippen molar-refractivity contribution in [3.05, 3.63) is 0 Å². The van der Waals surface area contributed by atoms with Crippen molar-refractivity contribution in [2.45, 2.75) is 31.8 Å². The molecule has 0 amide bonds. The Hall–Kier alpha value is -0.320. The van der Waals surface area contributed by atoms with Crippen LogP contribution in [0, 0.1) is 5.92 Å². The minimum atomic E-state index is -3.25. The molecule has 72 valence electrons. The Morgan fingerprint density at radius 3 is 2.33 bits per heavy atom. The van der Waals surface area contributed by atoms with Crippen LogP contribution < -0.4 is 0 Å². The molecule has 1 atom stereocenters. The molecular weight excluding hydrogens is 176 g/mol. The highest BCUT2D eigenvalue weighted by Gasteiger charge is 2.57. The molecule has 0 radical (unpaired) electrons. The van der Waals surface area contributed by atoms with Crippen molar-refractivity contribution in [3.63, 3.8) is 0 Å². The van der Waals surface area contributed by atoms with E-state index in [1.54, 1.807) is 0 Å². The van der Waals surface area contributed by atoms with E-state index in [-0.39, 0.29) is 6.42 Å². The summed E-state index contributed by atoms with van der Waals surface area (Å²) in [7, 11) is 0. The number of hydrogen-bond donors (Lipinski definition) is 0. The van der Waals surface area contributed by atoms with Gasteiger partial charge in [0.1, 0.15) is 0 Å². The largest absolute Gasteiger partial charge is 0.355 e. The predicted octanol–water partition coefficient (Wildman–Crippen LogP) is 2.66. The van der Waals surface area contributed by atoms with Gasteiger partial charge in [-0.2, -0.15) is 8.78 Å². The third-order valence-corrected chi connectivity index (χ3v) is 1.86. The van der Waals surface area contributed by atoms with E-state index in [0.717, 1.165) is 0 Å². The van der Waals surface area contributed by atoms with Gasteiger partial charge in [0.15, 0.2) is 0 Å². The molecule has 0 spiro atoms. The van der Waals surface area contributed by atoms with Crippen molar-refractivity contribution in [2.24, 2.45) is 5.92 Å². The van der Waals surface area contributed by atoms with Crippen LogP contribution in [0.25, 0.3) is 0 Å². The number of ether oxygens (including phenoxy) is 1. The van der Waals surface area contributed by atoms with Crippen LogP contribution in [0.1, 0.15) is 19.8 Å². The Kier molecular flexibility index (Phi) is 2.33. The molecule has 1 fully saturated rings. The van der Waals surface area contributed by atoms with Crippen molar-refractivity contribution in [2.75, 3.05) is 6.61 Å². The lowest BCUT2D eigenvalue weighted by Gasteiger charge is -2.13. The van der Waals surface area contributed by atoms with E-state index in [0.29, 0.717) is 0 Å². The minimum absolute atomic E-state index is 0.327. The van der Waals surface area contributed by atoms with Crippen molar-refractivity contribution in [1.82, 2.24) is 0 Å². The molecule has 0 aromatic heterocycles. The number of halogens is 4. The van der Waals surface area contributed by atoms with Crippen LogP contribution >= 0.6 is 0 Å². The average molecular weight is 186 g/mol. The van der Waals surface area contributed by atoms with Gasteiger partial charge in [-0.1, -0.05) is 6.92 Å². The lowest BCUT2D eigenvalue weighted by Crippen LogP contribution is -2.21. The average Bonchev–Trinajstić information content (AvgIpc) is 2.56. The van der Waals surface area contributed by atoms with Gasteiger partial charge >= 0.3 is 6.11 Å². The third kappa shape index (κ3) is 2.33. The van der Waals surface area contributed by atoms with Gasteiger partial charge in [-0.05, 0) is 0 Å². The van der Waals surface area contributed by atoms with Gasteiger partial charge < -0.3 is 4.74 Å². The second kappa shape index (κ2) is 2.87. The Morgan fingerprint density at radius 1 is 1.50 bits per heavy atom. The predicted molar refractivity (Wildman–Crippen MR) is 34.2 cm³/mol. The monoisotopic (exact) mass is 186 g/mol. The zero-order valence-corrected chi connectivity index (χ0v) is 6.62. The van der Waals surface area contributed by atoms with Crippen molar-refractivity contribution in [1.29, 1.82) is 0 Å². The van der Waals surface area contributed by atoms with Crippen LogP contribution in [0.4, 0.5) is 17.6 Å². The van der Waals surface area contributed by atoms with E-state index in [2.05, 4.69) is 4.74 Å². The van der Waals surface area contributed by atoms with Crippen LogP contribution in [-0.4, -0.2) is 18.6 Å². The lowest BCUT2D eigenvalue weighted by molar-refractivity contribution is -0.243. The quantitative estimate of drug-likeness (QED) is 0.613. The smallest absolute Gasteiger partial charge is 0.320 e. The first kappa shape index (κ1) is 9.77. The van der Waals surface area contributed by atoms with Crippen LogP contribution in [0.15, 0.2) is 0 Å². The molecule has 1 saturated carbocycles. The maximum absolute atomic E-state index is 12.3. The summed E-state index contributed by atoms with van der Waals surface area (Å²) in [5.74, 6) is -3.78. The molecule has 0 heterocycles. The lowest BCUT2D eigenvalue weighted by atomic mass is 10.4. The highest BCUT2D eigenvalue weighted by atomic mass is 19.3. The molecule has 1 nitrogen and oxygen atoms in total. The summed E-state index contributed by atoms with van der Waals surface area (Å²) < 4.78 is 53.0. The summed E-state index contributed by atoms with van der Waals surface area (Å²) in [6.07, 6.45) is -4.06. The highest BCUT2D eigenvalue weighted by molar-refractivity contribution is 4.94. The fourth-order valence-corrected chi connectivity index (χ4v) is 0.775. The van der Waals surface area contributed by atoms with Crippen LogP contribution in [0.3, 0.4) is 0 Å². The molecule has 0 N–H and O–H groups in total. The minimum Gasteiger partial charge on any atom is -0.320 e. The molecule has 0 saturated heterocycles. The molecule has 12 heavy (non-hydrogen) atoms. The molecule has 0 aliphatic heterocycles. The van der Waals surface area contributed by atoms with Crippen molar-refractivity contribution in [3.8, 4) is 0 Å². The molecule has 0 aromatic carbocycles. The van der Waals surface area contributed by atoms with E-state index >= 15 is 0 Å². The van der Waals surface area contributed by atoms with Gasteiger partial charge in [-0.15, -0.1) is 0 Å². The van der Waals surface area contributed by atoms with E-state index in [4.69, 9.17) is 0 Å². The van der Waals surface area contributed by atoms with E-state index in [9.17, 15) is 17.6 Å². The Balaban J connectivity index is 2.19. The van der Waals surface area contributed by atoms with Gasteiger partial charge in [-0.25, -0.2) is 8.78 Å². The first-order chi connectivity index (χ1) is 5.37. The zero-order valence-electron chi connectivity index (χ0n) is 6.62. The fraction of sp³-hybridized carbons (Fsp3) is 1.00. The van der Waals surface area contributed by atoms with Gasteiger partial charge in [0.2, 0.25) is 0 Å². The summed E-state index contributed by atoms with van der Waals surface area (Å²) in [6.45, 7) is 0.693. The Morgan fingerprint density at radius 2 is 2.00 bits per heavy atom. The maximum atomic E-state index is 12.3. The molecule has 1 rings (SSSR count). The van der Waals surface area contributed by atoms with E-state index in [1.807, 2.05) is 0 Å².